The number of hydrogen-bond acceptors (Lipinski definition) is 5. The third-order valence-electron chi connectivity index (χ3n) is 5.47. The fraction of sp³-hybridized carbons (Fsp3) is 0.667. The third kappa shape index (κ3) is 3.95. The highest BCUT2D eigenvalue weighted by molar-refractivity contribution is 5.79. The quantitative estimate of drug-likeness (QED) is 0.774. The van der Waals surface area contributed by atoms with Gasteiger partial charge >= 0.3 is 0 Å². The molecule has 2 N–H and O–H groups in total. The fourth-order valence-electron chi connectivity index (χ4n) is 4.09. The Morgan fingerprint density at radius 1 is 1.35 bits per heavy atom. The number of rotatable bonds is 4. The lowest BCUT2D eigenvalue weighted by molar-refractivity contribution is -0.143. The molecule has 0 saturated carbocycles. The number of likely N-dealkylation sites (tertiary alicyclic amines) is 2. The number of nitrogens with one attached hydrogen (secondary N) is 1. The molecule has 1 spiro atoms. The van der Waals surface area contributed by atoms with E-state index in [1.165, 1.54) is 6.20 Å². The third-order valence-corrected chi connectivity index (χ3v) is 5.47. The Morgan fingerprint density at radius 3 is 2.88 bits per heavy atom. The fourth-order valence-corrected chi connectivity index (χ4v) is 4.09. The van der Waals surface area contributed by atoms with Crippen LogP contribution in [0.5, 0.6) is 0 Å². The number of aryl methyl sites for hydroxylation is 1. The molecule has 2 fully saturated rings. The largest absolute Gasteiger partial charge is 0.395 e. The lowest BCUT2D eigenvalue weighted by atomic mass is 9.73. The van der Waals surface area contributed by atoms with Gasteiger partial charge in [-0.2, -0.15) is 0 Å². The van der Waals surface area contributed by atoms with Gasteiger partial charge in [-0.25, -0.2) is 4.98 Å². The number of aromatic amines is 1. The second-order valence-corrected chi connectivity index (χ2v) is 7.46. The van der Waals surface area contributed by atoms with Crippen LogP contribution in [0.2, 0.25) is 0 Å². The van der Waals surface area contributed by atoms with E-state index in [2.05, 4.69) is 9.97 Å². The second kappa shape index (κ2) is 7.57. The van der Waals surface area contributed by atoms with Crippen LogP contribution in [-0.2, 0) is 16.0 Å². The average Bonchev–Trinajstić information content (AvgIpc) is 2.61. The molecule has 2 aliphatic heterocycles. The summed E-state index contributed by atoms with van der Waals surface area (Å²) in [6, 6.07) is 0. The molecule has 1 aromatic rings. The first-order valence-corrected chi connectivity index (χ1v) is 9.14. The molecule has 0 bridgehead atoms. The van der Waals surface area contributed by atoms with Gasteiger partial charge in [-0.3, -0.25) is 14.4 Å². The summed E-state index contributed by atoms with van der Waals surface area (Å²) >= 11 is 0. The van der Waals surface area contributed by atoms with Gasteiger partial charge in [0.15, 0.2) is 0 Å². The predicted octanol–water partition coefficient (Wildman–Crippen LogP) is -0.156. The molecule has 1 atom stereocenters. The topological polar surface area (TPSA) is 107 Å². The highest BCUT2D eigenvalue weighted by Gasteiger charge is 2.42. The summed E-state index contributed by atoms with van der Waals surface area (Å²) in [6.45, 7) is 3.85. The number of hydrogen-bond donors (Lipinski definition) is 2. The zero-order chi connectivity index (χ0) is 18.7. The molecule has 1 aromatic heterocycles. The van der Waals surface area contributed by atoms with E-state index in [1.54, 1.807) is 11.8 Å². The zero-order valence-electron chi connectivity index (χ0n) is 15.2. The van der Waals surface area contributed by atoms with Crippen LogP contribution in [-0.4, -0.2) is 69.5 Å². The van der Waals surface area contributed by atoms with Gasteiger partial charge in [0.1, 0.15) is 5.82 Å². The Bertz CT molecular complexity index is 747. The summed E-state index contributed by atoms with van der Waals surface area (Å²) in [6.07, 6.45) is 4.59. The van der Waals surface area contributed by atoms with Gasteiger partial charge in [-0.1, -0.05) is 0 Å². The summed E-state index contributed by atoms with van der Waals surface area (Å²) in [4.78, 5) is 46.9. The highest BCUT2D eigenvalue weighted by atomic mass is 16.3. The molecule has 1 unspecified atom stereocenters. The number of aromatic nitrogens is 2. The molecule has 3 rings (SSSR count). The van der Waals surface area contributed by atoms with Gasteiger partial charge in [0, 0.05) is 49.8 Å². The first-order valence-electron chi connectivity index (χ1n) is 9.14. The van der Waals surface area contributed by atoms with Crippen molar-refractivity contribution in [3.63, 3.8) is 0 Å². The van der Waals surface area contributed by atoms with Gasteiger partial charge in [0.05, 0.1) is 13.0 Å². The van der Waals surface area contributed by atoms with Crippen molar-refractivity contribution in [1.29, 1.82) is 0 Å². The normalized spacial score (nSPS) is 23.5. The zero-order valence-corrected chi connectivity index (χ0v) is 15.2. The number of amides is 2. The summed E-state index contributed by atoms with van der Waals surface area (Å²) in [5.41, 5.74) is 0.00508. The standard InChI is InChI=1S/C18H26N4O4/c1-13-19-10-14(17(26)20-13)9-16(25)21-6-2-4-18(11-21)5-3-15(24)22(12-18)7-8-23/h10,23H,2-9,11-12H2,1H3,(H,19,20,26). The van der Waals surface area contributed by atoms with Gasteiger partial charge in [0.2, 0.25) is 11.8 Å². The average molecular weight is 362 g/mol. The lowest BCUT2D eigenvalue weighted by Gasteiger charge is -2.48. The number of aliphatic hydroxyl groups is 1. The molecule has 2 aliphatic rings. The molecule has 26 heavy (non-hydrogen) atoms. The Morgan fingerprint density at radius 2 is 2.15 bits per heavy atom. The second-order valence-electron chi connectivity index (χ2n) is 7.46. The van der Waals surface area contributed by atoms with E-state index in [9.17, 15) is 19.5 Å². The van der Waals surface area contributed by atoms with Crippen molar-refractivity contribution in [2.24, 2.45) is 5.41 Å². The van der Waals surface area contributed by atoms with Crippen LogP contribution < -0.4 is 5.56 Å². The van der Waals surface area contributed by atoms with E-state index in [1.807, 2.05) is 4.90 Å². The number of nitrogens with zero attached hydrogens (tertiary/aromatic N) is 3. The minimum Gasteiger partial charge on any atom is -0.395 e. The summed E-state index contributed by atoms with van der Waals surface area (Å²) in [7, 11) is 0. The van der Waals surface area contributed by atoms with Crippen molar-refractivity contribution >= 4 is 11.8 Å². The first-order chi connectivity index (χ1) is 12.4. The van der Waals surface area contributed by atoms with Gasteiger partial charge in [0.25, 0.3) is 5.56 Å². The van der Waals surface area contributed by atoms with Crippen LogP contribution in [0.4, 0.5) is 0 Å². The maximum absolute atomic E-state index is 12.7. The number of β-amino-alcohol motifs (C(OH)–C–C–N with tert-alkyl or cyclic N) is 1. The van der Waals surface area contributed by atoms with Crippen molar-refractivity contribution < 1.29 is 14.7 Å². The smallest absolute Gasteiger partial charge is 0.254 e. The SMILES string of the molecule is Cc1ncc(CC(=O)N2CCCC3(CCC(=O)N(CCO)C3)C2)c(=O)[nH]1. The highest BCUT2D eigenvalue weighted by Crippen LogP contribution is 2.38. The van der Waals surface area contributed by atoms with E-state index >= 15 is 0 Å². The monoisotopic (exact) mass is 362 g/mol. The van der Waals surface area contributed by atoms with Crippen molar-refractivity contribution in [3.8, 4) is 0 Å². The number of H-pyrrole nitrogens is 1. The van der Waals surface area contributed by atoms with Crippen molar-refractivity contribution in [2.75, 3.05) is 32.8 Å². The molecule has 142 valence electrons. The van der Waals surface area contributed by atoms with Crippen molar-refractivity contribution in [2.45, 2.75) is 39.0 Å². The lowest BCUT2D eigenvalue weighted by Crippen LogP contribution is -2.55. The molecule has 2 saturated heterocycles. The van der Waals surface area contributed by atoms with E-state index in [0.717, 1.165) is 19.3 Å². The Labute approximate surface area is 152 Å². The Hall–Kier alpha value is -2.22. The van der Waals surface area contributed by atoms with Crippen LogP contribution in [0.3, 0.4) is 0 Å². The maximum Gasteiger partial charge on any atom is 0.254 e. The summed E-state index contributed by atoms with van der Waals surface area (Å²) in [5, 5.41) is 9.18. The minimum atomic E-state index is -0.269. The summed E-state index contributed by atoms with van der Waals surface area (Å²) in [5.74, 6) is 0.523. The number of carbonyl (C=O) groups excluding carboxylic acids is 2. The van der Waals surface area contributed by atoms with Gasteiger partial charge < -0.3 is 19.9 Å². The van der Waals surface area contributed by atoms with Crippen molar-refractivity contribution in [3.05, 3.63) is 27.9 Å². The molecule has 8 heteroatoms. The van der Waals surface area contributed by atoms with Crippen molar-refractivity contribution in [1.82, 2.24) is 19.8 Å². The molecule has 0 aliphatic carbocycles. The minimum absolute atomic E-state index is 0.0397. The van der Waals surface area contributed by atoms with Crippen LogP contribution in [0, 0.1) is 12.3 Å². The number of aliphatic hydroxyl groups excluding tert-OH is 1. The Balaban J connectivity index is 1.68. The number of piperidine rings is 2. The molecule has 8 nitrogen and oxygen atoms in total. The molecule has 2 amide bonds. The van der Waals surface area contributed by atoms with E-state index in [4.69, 9.17) is 0 Å². The van der Waals surface area contributed by atoms with Crippen LogP contribution >= 0.6 is 0 Å². The molecule has 0 aromatic carbocycles. The molecule has 0 radical (unpaired) electrons. The van der Waals surface area contributed by atoms with E-state index < -0.39 is 0 Å². The van der Waals surface area contributed by atoms with Gasteiger partial charge in [-0.05, 0) is 26.2 Å². The van der Waals surface area contributed by atoms with Gasteiger partial charge in [-0.15, -0.1) is 0 Å². The summed E-state index contributed by atoms with van der Waals surface area (Å²) < 4.78 is 0. The Kier molecular flexibility index (Phi) is 5.41. The van der Waals surface area contributed by atoms with Crippen LogP contribution in [0.25, 0.3) is 0 Å². The van der Waals surface area contributed by atoms with Crippen LogP contribution in [0.15, 0.2) is 11.0 Å². The number of carbonyl (C=O) groups is 2. The predicted molar refractivity (Wildman–Crippen MR) is 94.4 cm³/mol. The molecular weight excluding hydrogens is 336 g/mol. The van der Waals surface area contributed by atoms with Crippen LogP contribution in [0.1, 0.15) is 37.1 Å². The van der Waals surface area contributed by atoms with E-state index in [-0.39, 0.29) is 35.8 Å². The molecular formula is C18H26N4O4. The first kappa shape index (κ1) is 18.6. The molecule has 3 heterocycles. The maximum atomic E-state index is 12.7. The van der Waals surface area contributed by atoms with E-state index in [0.29, 0.717) is 44.0 Å².